The Labute approximate surface area is 336 Å². The number of carbonyl (C=O) groups excluding carboxylic acids is 1. The second kappa shape index (κ2) is 15.1. The molecule has 55 heavy (non-hydrogen) atoms. The van der Waals surface area contributed by atoms with E-state index in [1.807, 2.05) is 34.6 Å². The van der Waals surface area contributed by atoms with Crippen molar-refractivity contribution in [2.45, 2.75) is 92.0 Å². The Kier molecular flexibility index (Phi) is 10.6. The molecule has 2 heterocycles. The van der Waals surface area contributed by atoms with Crippen molar-refractivity contribution in [2.75, 3.05) is 5.32 Å². The number of hydrogen-bond donors (Lipinski definition) is 1. The van der Waals surface area contributed by atoms with Crippen molar-refractivity contribution in [1.29, 1.82) is 0 Å². The summed E-state index contributed by atoms with van der Waals surface area (Å²) >= 11 is 3.11. The van der Waals surface area contributed by atoms with Crippen LogP contribution >= 0.6 is 23.1 Å². The summed E-state index contributed by atoms with van der Waals surface area (Å²) in [7, 11) is 0. The molecule has 1 aliphatic heterocycles. The second-order valence-electron chi connectivity index (χ2n) is 15.5. The zero-order valence-electron chi connectivity index (χ0n) is 33.9. The maximum atomic E-state index is 12.1. The summed E-state index contributed by atoms with van der Waals surface area (Å²) in [5, 5.41) is 4.16. The maximum absolute atomic E-state index is 12.1. The first kappa shape index (κ1) is 38.6. The summed E-state index contributed by atoms with van der Waals surface area (Å²) in [6.45, 7) is 21.6. The van der Waals surface area contributed by atoms with Crippen LogP contribution in [0.2, 0.25) is 0 Å². The quantitative estimate of drug-likeness (QED) is 0.198. The predicted octanol–water partition coefficient (Wildman–Crippen LogP) is 12.5. The molecule has 0 fully saturated rings. The average molecular weight is 760 g/mol. The lowest BCUT2D eigenvalue weighted by Gasteiger charge is -2.33. The number of anilines is 1. The fourth-order valence-corrected chi connectivity index (χ4v) is 11.1. The highest BCUT2D eigenvalue weighted by molar-refractivity contribution is 8.22. The molecule has 2 atom stereocenters. The van der Waals surface area contributed by atoms with Crippen molar-refractivity contribution in [3.63, 3.8) is 0 Å². The van der Waals surface area contributed by atoms with Gasteiger partial charge >= 0.3 is 0 Å². The first-order chi connectivity index (χ1) is 26.5. The molecule has 0 amide bonds. The number of allylic oxidation sites excluding steroid dienone is 2. The van der Waals surface area contributed by atoms with E-state index in [1.165, 1.54) is 82.0 Å². The third kappa shape index (κ3) is 6.72. The van der Waals surface area contributed by atoms with Gasteiger partial charge in [-0.3, -0.25) is 4.79 Å². The minimum atomic E-state index is -0.0671. The molecule has 0 saturated heterocycles. The van der Waals surface area contributed by atoms with Crippen molar-refractivity contribution in [2.24, 2.45) is 0 Å². The lowest BCUT2D eigenvalue weighted by Crippen LogP contribution is -2.30. The smallest absolute Gasteiger partial charge is 0.217 e. The Morgan fingerprint density at radius 2 is 1.33 bits per heavy atom. The largest absolute Gasteiger partial charge is 0.378 e. The van der Waals surface area contributed by atoms with E-state index in [4.69, 9.17) is 0 Å². The number of thiophene rings is 1. The number of aryl methyl sites for hydroxylation is 1. The number of rotatable bonds is 4. The molecule has 0 spiro atoms. The molecular formula is C51H53NOS2. The molecule has 0 bridgehead atoms. The van der Waals surface area contributed by atoms with Gasteiger partial charge in [-0.15, -0.1) is 11.3 Å². The molecule has 3 aliphatic carbocycles. The van der Waals surface area contributed by atoms with E-state index in [1.54, 1.807) is 17.4 Å². The first-order valence-corrected chi connectivity index (χ1v) is 21.5. The van der Waals surface area contributed by atoms with Gasteiger partial charge in [-0.2, -0.15) is 0 Å². The minimum Gasteiger partial charge on any atom is -0.378 e. The average Bonchev–Trinajstić information content (AvgIpc) is 3.87. The molecule has 5 aromatic rings. The van der Waals surface area contributed by atoms with Crippen LogP contribution in [0.4, 0.5) is 5.69 Å². The second-order valence-corrected chi connectivity index (χ2v) is 17.6. The monoisotopic (exact) mass is 759 g/mol. The Morgan fingerprint density at radius 1 is 0.691 bits per heavy atom. The molecule has 4 heteroatoms. The molecule has 9 rings (SSSR count). The van der Waals surface area contributed by atoms with Gasteiger partial charge in [0.25, 0.3) is 0 Å². The molecule has 0 radical (unpaired) electrons. The van der Waals surface area contributed by atoms with Crippen LogP contribution < -0.4 is 14.4 Å². The Balaban J connectivity index is 0.00000113. The van der Waals surface area contributed by atoms with Gasteiger partial charge in [0.2, 0.25) is 5.12 Å². The number of carbonyl (C=O) groups is 1. The zero-order chi connectivity index (χ0) is 39.2. The third-order valence-corrected chi connectivity index (χ3v) is 13.9. The van der Waals surface area contributed by atoms with E-state index in [-0.39, 0.29) is 27.9 Å². The van der Waals surface area contributed by atoms with E-state index in [9.17, 15) is 4.79 Å². The Morgan fingerprint density at radius 3 is 2.00 bits per heavy atom. The molecule has 4 aromatic carbocycles. The fourth-order valence-electron chi connectivity index (χ4n) is 8.82. The zero-order valence-corrected chi connectivity index (χ0v) is 35.6. The summed E-state index contributed by atoms with van der Waals surface area (Å²) in [6.07, 6.45) is 9.05. The number of nitrogens with one attached hydrogen (secondary N) is 1. The normalized spacial score (nSPS) is 20.7. The van der Waals surface area contributed by atoms with Gasteiger partial charge in [0.05, 0.1) is 6.04 Å². The summed E-state index contributed by atoms with van der Waals surface area (Å²) in [5.41, 5.74) is 16.8. The van der Waals surface area contributed by atoms with E-state index in [2.05, 4.69) is 155 Å². The van der Waals surface area contributed by atoms with Crippen LogP contribution in [0.25, 0.3) is 27.7 Å². The summed E-state index contributed by atoms with van der Waals surface area (Å²) < 4.78 is 2.40. The lowest BCUT2D eigenvalue weighted by molar-refractivity contribution is -0.106. The molecule has 2 nitrogen and oxygen atoms in total. The lowest BCUT2D eigenvalue weighted by atomic mass is 9.76. The highest BCUT2D eigenvalue weighted by Gasteiger charge is 2.42. The maximum Gasteiger partial charge on any atom is 0.217 e. The Hall–Kier alpha value is -4.64. The van der Waals surface area contributed by atoms with Gasteiger partial charge in [0.1, 0.15) is 0 Å². The van der Waals surface area contributed by atoms with E-state index >= 15 is 0 Å². The van der Waals surface area contributed by atoms with Crippen LogP contribution in [0.1, 0.15) is 107 Å². The van der Waals surface area contributed by atoms with Crippen LogP contribution in [-0.2, 0) is 15.6 Å². The standard InChI is InChI=1S/C47H41NOS2.2C2H6/c1-27-21-32(50-44(27)45-28(2)22-43(49)51-45)23-29-15-17-30(18-16-29)36-25-37-34-12-8-10-14-39(34)47(5,6)41(37)26-42(36)48-31-19-20-35-33-11-7-9-13-38(33)46(3,4)40(35)24-31;2*1-2/h7-26,36,42,48H,1-6H3;2*1-2H3/b32-23+,45-44-;;. The number of hydrogen-bond acceptors (Lipinski definition) is 4. The van der Waals surface area contributed by atoms with Gasteiger partial charge < -0.3 is 5.32 Å². The molecular weight excluding hydrogens is 707 g/mol. The van der Waals surface area contributed by atoms with Crippen molar-refractivity contribution < 1.29 is 4.79 Å². The van der Waals surface area contributed by atoms with E-state index in [0.29, 0.717) is 0 Å². The molecule has 2 unspecified atom stereocenters. The van der Waals surface area contributed by atoms with Crippen molar-refractivity contribution in [3.05, 3.63) is 174 Å². The first-order valence-electron chi connectivity index (χ1n) is 19.9. The predicted molar refractivity (Wildman–Crippen MR) is 240 cm³/mol. The summed E-state index contributed by atoms with van der Waals surface area (Å²) in [5.74, 6) is 0.150. The summed E-state index contributed by atoms with van der Waals surface area (Å²) in [4.78, 5) is 13.2. The Bertz CT molecular complexity index is 2520. The number of benzene rings is 4. The van der Waals surface area contributed by atoms with Crippen LogP contribution in [0.3, 0.4) is 0 Å². The fraction of sp³-hybridized carbons (Fsp3) is 0.275. The number of thioether (sulfide) groups is 1. The van der Waals surface area contributed by atoms with Crippen LogP contribution in [0.5, 0.6) is 0 Å². The van der Waals surface area contributed by atoms with Crippen LogP contribution in [-0.4, -0.2) is 11.2 Å². The molecule has 1 aromatic heterocycles. The highest BCUT2D eigenvalue weighted by atomic mass is 32.2. The molecule has 280 valence electrons. The van der Waals surface area contributed by atoms with Crippen molar-refractivity contribution in [3.8, 4) is 11.1 Å². The van der Waals surface area contributed by atoms with Gasteiger partial charge in [-0.25, -0.2) is 0 Å². The van der Waals surface area contributed by atoms with Gasteiger partial charge in [-0.1, -0.05) is 146 Å². The summed E-state index contributed by atoms with van der Waals surface area (Å²) in [6, 6.07) is 36.2. The van der Waals surface area contributed by atoms with E-state index in [0.717, 1.165) is 16.2 Å². The van der Waals surface area contributed by atoms with Gasteiger partial charge in [0, 0.05) is 36.4 Å². The molecule has 4 aliphatic rings. The topological polar surface area (TPSA) is 29.1 Å². The minimum absolute atomic E-state index is 0.0496. The number of fused-ring (bicyclic) bond motifs is 6. The van der Waals surface area contributed by atoms with Gasteiger partial charge in [-0.05, 0) is 123 Å². The van der Waals surface area contributed by atoms with Crippen molar-refractivity contribution in [1.82, 2.24) is 0 Å². The molecule has 0 saturated carbocycles. The van der Waals surface area contributed by atoms with Gasteiger partial charge in [0.15, 0.2) is 0 Å². The van der Waals surface area contributed by atoms with Crippen LogP contribution in [0, 0.1) is 6.92 Å². The third-order valence-electron chi connectivity index (χ3n) is 11.5. The highest BCUT2D eigenvalue weighted by Crippen LogP contribution is 2.54. The van der Waals surface area contributed by atoms with E-state index < -0.39 is 0 Å². The van der Waals surface area contributed by atoms with Crippen molar-refractivity contribution >= 4 is 50.5 Å². The SMILES string of the molecule is CC.CC.CC1=CC(=O)S/C1=c1\s/c(=C/c2ccc(C3C=C4C(=CC3Nc3ccc5c(c3)C(C)(C)c3ccccc3-5)C(C)(C)c3ccccc34)cc2)cc1C. The van der Waals surface area contributed by atoms with Crippen LogP contribution in [0.15, 0.2) is 126 Å². The molecule has 1 N–H and O–H groups in total.